The fraction of sp³-hybridized carbons (Fsp3) is 0. The summed E-state index contributed by atoms with van der Waals surface area (Å²) in [4.78, 5) is 0. The molecular formula is CH3BF4Fe-. The molecule has 1 radical (unpaired) electrons. The summed E-state index contributed by atoms with van der Waals surface area (Å²) in [6, 6.07) is 0. The maximum atomic E-state index is 9.75. The second-order valence-electron chi connectivity index (χ2n) is 0.495. The van der Waals surface area contributed by atoms with Crippen molar-refractivity contribution in [3.05, 3.63) is 7.43 Å². The first kappa shape index (κ1) is 15.7. The largest absolute Gasteiger partial charge is 0.673 e. The van der Waals surface area contributed by atoms with E-state index in [4.69, 9.17) is 0 Å². The zero-order chi connectivity index (χ0) is 4.50. The van der Waals surface area contributed by atoms with Crippen LogP contribution < -0.4 is 0 Å². The molecule has 0 nitrogen and oxygen atoms in total. The number of rotatable bonds is 0. The third kappa shape index (κ3) is 1260. The summed E-state index contributed by atoms with van der Waals surface area (Å²) < 4.78 is 39.0. The third-order valence-electron chi connectivity index (χ3n) is 0. The standard InChI is InChI=1S/CH3.BF4.Fe/c;2-1(3,4)5;/h1H3;;/q;-1;. The summed E-state index contributed by atoms with van der Waals surface area (Å²) in [6.07, 6.45) is 0. The molecule has 6 heteroatoms. The summed E-state index contributed by atoms with van der Waals surface area (Å²) in [6.45, 7) is 0. The van der Waals surface area contributed by atoms with Gasteiger partial charge in [0, 0.05) is 17.1 Å². The van der Waals surface area contributed by atoms with Crippen molar-refractivity contribution >= 4 is 7.25 Å². The van der Waals surface area contributed by atoms with Crippen LogP contribution in [0.3, 0.4) is 0 Å². The molecule has 0 saturated carbocycles. The van der Waals surface area contributed by atoms with Crippen LogP contribution in [0.5, 0.6) is 0 Å². The smallest absolute Gasteiger partial charge is 0.418 e. The van der Waals surface area contributed by atoms with Crippen LogP contribution in [0.15, 0.2) is 0 Å². The van der Waals surface area contributed by atoms with E-state index in [1.165, 1.54) is 0 Å². The monoisotopic (exact) mass is 158 g/mol. The first-order valence-corrected chi connectivity index (χ1v) is 0.873. The molecule has 0 heterocycles. The van der Waals surface area contributed by atoms with Gasteiger partial charge < -0.3 is 17.3 Å². The molecule has 0 aromatic heterocycles. The summed E-state index contributed by atoms with van der Waals surface area (Å²) in [5, 5.41) is 0. The van der Waals surface area contributed by atoms with Crippen molar-refractivity contribution in [1.29, 1.82) is 0 Å². The molecule has 0 aliphatic rings. The van der Waals surface area contributed by atoms with Crippen molar-refractivity contribution in [3.8, 4) is 0 Å². The number of hydrogen-bond acceptors (Lipinski definition) is 0. The summed E-state index contributed by atoms with van der Waals surface area (Å²) in [5.74, 6) is 0. The van der Waals surface area contributed by atoms with E-state index in [0.29, 0.717) is 0 Å². The average Bonchev–Trinajstić information content (AvgIpc) is 0.722. The van der Waals surface area contributed by atoms with Crippen LogP contribution in [0.4, 0.5) is 17.3 Å². The van der Waals surface area contributed by atoms with Crippen molar-refractivity contribution in [2.75, 3.05) is 0 Å². The molecule has 0 bridgehead atoms. The molecule has 0 rings (SSSR count). The van der Waals surface area contributed by atoms with Gasteiger partial charge in [-0.1, -0.05) is 7.43 Å². The van der Waals surface area contributed by atoms with Gasteiger partial charge in [-0.05, 0) is 0 Å². The Morgan fingerprint density at radius 3 is 0.857 bits per heavy atom. The third-order valence-corrected chi connectivity index (χ3v) is 0. The van der Waals surface area contributed by atoms with Gasteiger partial charge >= 0.3 is 7.25 Å². The van der Waals surface area contributed by atoms with E-state index in [-0.39, 0.29) is 24.5 Å². The van der Waals surface area contributed by atoms with E-state index in [0.717, 1.165) is 0 Å². The van der Waals surface area contributed by atoms with Gasteiger partial charge in [0.25, 0.3) is 0 Å². The van der Waals surface area contributed by atoms with E-state index >= 15 is 0 Å². The van der Waals surface area contributed by atoms with Gasteiger partial charge in [-0.25, -0.2) is 0 Å². The Bertz CT molecular complexity index is 27.2. The summed E-state index contributed by atoms with van der Waals surface area (Å²) in [5.41, 5.74) is 0. The Morgan fingerprint density at radius 2 is 0.857 bits per heavy atom. The Balaban J connectivity index is -0.0000000800. The zero-order valence-electron chi connectivity index (χ0n) is 3.44. The molecule has 0 amide bonds. The number of halogens is 4. The maximum Gasteiger partial charge on any atom is 0.673 e. The Labute approximate surface area is 49.9 Å². The van der Waals surface area contributed by atoms with Crippen molar-refractivity contribution in [2.45, 2.75) is 0 Å². The van der Waals surface area contributed by atoms with Crippen LogP contribution >= 0.6 is 0 Å². The van der Waals surface area contributed by atoms with E-state index in [1.54, 1.807) is 0 Å². The Hall–Kier alpha value is 0.304. The summed E-state index contributed by atoms with van der Waals surface area (Å²) in [7, 11) is -6.00. The van der Waals surface area contributed by atoms with Crippen molar-refractivity contribution in [1.82, 2.24) is 0 Å². The average molecular weight is 158 g/mol. The molecule has 0 N–H and O–H groups in total. The molecule has 0 atom stereocenters. The molecule has 0 saturated heterocycles. The van der Waals surface area contributed by atoms with Crippen LogP contribution in [0.1, 0.15) is 0 Å². The first-order valence-electron chi connectivity index (χ1n) is 0.873. The van der Waals surface area contributed by atoms with Crippen LogP contribution in [0.25, 0.3) is 0 Å². The quantitative estimate of drug-likeness (QED) is 0.371. The Kier molecular flexibility index (Phi) is 9.99. The predicted octanol–water partition coefficient (Wildman–Crippen LogP) is 1.75. The van der Waals surface area contributed by atoms with Crippen molar-refractivity contribution < 1.29 is 34.3 Å². The molecular weight excluding hydrogens is 155 g/mol. The van der Waals surface area contributed by atoms with Crippen molar-refractivity contribution in [3.63, 3.8) is 0 Å². The molecule has 0 unspecified atom stereocenters. The van der Waals surface area contributed by atoms with E-state index < -0.39 is 7.25 Å². The van der Waals surface area contributed by atoms with E-state index in [1.807, 2.05) is 0 Å². The van der Waals surface area contributed by atoms with Gasteiger partial charge in [0.1, 0.15) is 0 Å². The minimum atomic E-state index is -6.00. The van der Waals surface area contributed by atoms with Gasteiger partial charge in [-0.2, -0.15) is 0 Å². The molecule has 0 aliphatic carbocycles. The Morgan fingerprint density at radius 1 is 0.857 bits per heavy atom. The molecule has 0 fully saturated rings. The minimum Gasteiger partial charge on any atom is -0.418 e. The van der Waals surface area contributed by atoms with Gasteiger partial charge in [0.05, 0.1) is 0 Å². The van der Waals surface area contributed by atoms with E-state index in [9.17, 15) is 17.3 Å². The van der Waals surface area contributed by atoms with E-state index in [2.05, 4.69) is 0 Å². The van der Waals surface area contributed by atoms with Crippen LogP contribution in [-0.4, -0.2) is 7.25 Å². The molecule has 0 aromatic carbocycles. The molecule has 47 valence electrons. The second-order valence-corrected chi connectivity index (χ2v) is 0.495. The predicted molar refractivity (Wildman–Crippen MR) is 16.6 cm³/mol. The van der Waals surface area contributed by atoms with Gasteiger partial charge in [-0.15, -0.1) is 0 Å². The fourth-order valence-corrected chi connectivity index (χ4v) is 0. The van der Waals surface area contributed by atoms with Crippen LogP contribution in [0, 0.1) is 7.43 Å². The molecule has 0 aliphatic heterocycles. The first-order chi connectivity index (χ1) is 2.00. The van der Waals surface area contributed by atoms with Gasteiger partial charge in [0.15, 0.2) is 0 Å². The van der Waals surface area contributed by atoms with Crippen LogP contribution in [0.2, 0.25) is 0 Å². The normalized spacial score (nSPS) is 8.57. The molecule has 0 aromatic rings. The summed E-state index contributed by atoms with van der Waals surface area (Å²) >= 11 is 0. The minimum absolute atomic E-state index is 0. The van der Waals surface area contributed by atoms with Gasteiger partial charge in [-0.3, -0.25) is 0 Å². The van der Waals surface area contributed by atoms with Crippen LogP contribution in [-0.2, 0) is 17.1 Å². The van der Waals surface area contributed by atoms with Crippen molar-refractivity contribution in [2.24, 2.45) is 0 Å². The fourth-order valence-electron chi connectivity index (χ4n) is 0. The second kappa shape index (κ2) is 4.46. The maximum absolute atomic E-state index is 9.75. The molecule has 7 heavy (non-hydrogen) atoms. The zero-order valence-corrected chi connectivity index (χ0v) is 4.55. The number of hydrogen-bond donors (Lipinski definition) is 0. The SMILES string of the molecule is F[B-](F)(F)F.[CH3].[Fe]. The molecule has 0 spiro atoms. The topological polar surface area (TPSA) is 0 Å². The van der Waals surface area contributed by atoms with Gasteiger partial charge in [0.2, 0.25) is 0 Å².